The van der Waals surface area contributed by atoms with E-state index in [-0.39, 0.29) is 17.2 Å². The van der Waals surface area contributed by atoms with E-state index in [1.54, 1.807) is 19.3 Å². The van der Waals surface area contributed by atoms with Crippen molar-refractivity contribution in [1.29, 1.82) is 0 Å². The molecule has 7 nitrogen and oxygen atoms in total. The molecule has 0 radical (unpaired) electrons. The number of aromatic nitrogens is 1. The largest absolute Gasteiger partial charge is 0.469 e. The Bertz CT molecular complexity index is 854. The van der Waals surface area contributed by atoms with Gasteiger partial charge in [0.2, 0.25) is 5.91 Å². The van der Waals surface area contributed by atoms with Gasteiger partial charge < -0.3 is 18.7 Å². The van der Waals surface area contributed by atoms with Crippen LogP contribution in [0.25, 0.3) is 0 Å². The van der Waals surface area contributed by atoms with E-state index < -0.39 is 0 Å². The van der Waals surface area contributed by atoms with Gasteiger partial charge in [-0.05, 0) is 39.7 Å². The van der Waals surface area contributed by atoms with E-state index in [4.69, 9.17) is 8.94 Å². The maximum absolute atomic E-state index is 12.7. The Morgan fingerprint density at radius 3 is 2.56 bits per heavy atom. The maximum atomic E-state index is 12.7. The summed E-state index contributed by atoms with van der Waals surface area (Å²) in [5, 5.41) is 3.98. The highest BCUT2D eigenvalue weighted by atomic mass is 16.5. The predicted molar refractivity (Wildman–Crippen MR) is 97.0 cm³/mol. The van der Waals surface area contributed by atoms with Crippen molar-refractivity contribution < 1.29 is 18.5 Å². The molecular weight excluding hydrogens is 346 g/mol. The molecule has 2 saturated heterocycles. The number of likely N-dealkylation sites (tertiary alicyclic amines) is 2. The normalized spacial score (nSPS) is 19.3. The average molecular weight is 371 g/mol. The van der Waals surface area contributed by atoms with Crippen LogP contribution in [-0.4, -0.2) is 46.4 Å². The van der Waals surface area contributed by atoms with Gasteiger partial charge in [0, 0.05) is 37.0 Å². The minimum atomic E-state index is -0.0295. The lowest BCUT2D eigenvalue weighted by Gasteiger charge is -2.38. The number of rotatable bonds is 3. The molecule has 144 valence electrons. The second-order valence-corrected chi connectivity index (χ2v) is 7.91. The van der Waals surface area contributed by atoms with Crippen molar-refractivity contribution in [2.45, 2.75) is 46.6 Å². The predicted octanol–water partition coefficient (Wildman–Crippen LogP) is 2.85. The molecular formula is C20H25N3O4. The summed E-state index contributed by atoms with van der Waals surface area (Å²) in [6.45, 7) is 8.24. The molecule has 0 aromatic carbocycles. The van der Waals surface area contributed by atoms with Crippen molar-refractivity contribution in [3.8, 4) is 0 Å². The van der Waals surface area contributed by atoms with Gasteiger partial charge in [-0.15, -0.1) is 0 Å². The second-order valence-electron chi connectivity index (χ2n) is 7.91. The molecule has 2 amide bonds. The highest BCUT2D eigenvalue weighted by Gasteiger charge is 2.45. The SMILES string of the molecule is Cc1noc(C)c1CN1CC2(CCN(C(=O)c3ccoc3C)CC2)CC1=O. The highest BCUT2D eigenvalue weighted by molar-refractivity contribution is 5.95. The van der Waals surface area contributed by atoms with Crippen LogP contribution in [0.4, 0.5) is 0 Å². The van der Waals surface area contributed by atoms with Crippen molar-refractivity contribution in [1.82, 2.24) is 15.0 Å². The first-order valence-electron chi connectivity index (χ1n) is 9.41. The van der Waals surface area contributed by atoms with Crippen molar-refractivity contribution in [2.75, 3.05) is 19.6 Å². The minimum Gasteiger partial charge on any atom is -0.469 e. The first-order chi connectivity index (χ1) is 12.9. The molecule has 2 aliphatic heterocycles. The Morgan fingerprint density at radius 2 is 1.96 bits per heavy atom. The van der Waals surface area contributed by atoms with Crippen LogP contribution in [0.2, 0.25) is 0 Å². The zero-order valence-electron chi connectivity index (χ0n) is 16.1. The van der Waals surface area contributed by atoms with Gasteiger partial charge in [-0.1, -0.05) is 5.16 Å². The molecule has 2 aromatic rings. The van der Waals surface area contributed by atoms with Gasteiger partial charge in [-0.2, -0.15) is 0 Å². The quantitative estimate of drug-likeness (QED) is 0.829. The molecule has 2 aromatic heterocycles. The molecule has 0 bridgehead atoms. The van der Waals surface area contributed by atoms with Crippen LogP contribution in [0.3, 0.4) is 0 Å². The molecule has 0 aliphatic carbocycles. The lowest BCUT2D eigenvalue weighted by molar-refractivity contribution is -0.128. The third kappa shape index (κ3) is 3.15. The van der Waals surface area contributed by atoms with Gasteiger partial charge in [-0.25, -0.2) is 0 Å². The van der Waals surface area contributed by atoms with Crippen molar-refractivity contribution >= 4 is 11.8 Å². The molecule has 7 heteroatoms. The molecule has 4 rings (SSSR count). The molecule has 2 aliphatic rings. The van der Waals surface area contributed by atoms with Crippen LogP contribution in [0, 0.1) is 26.2 Å². The maximum Gasteiger partial charge on any atom is 0.257 e. The average Bonchev–Trinajstić information content (AvgIpc) is 3.29. The fraction of sp³-hybridized carbons (Fsp3) is 0.550. The highest BCUT2D eigenvalue weighted by Crippen LogP contribution is 2.42. The summed E-state index contributed by atoms with van der Waals surface area (Å²) in [5.41, 5.74) is 2.45. The molecule has 0 atom stereocenters. The number of piperidine rings is 1. The van der Waals surface area contributed by atoms with Crippen molar-refractivity contribution in [2.24, 2.45) is 5.41 Å². The topological polar surface area (TPSA) is 79.8 Å². The van der Waals surface area contributed by atoms with E-state index in [1.807, 2.05) is 23.6 Å². The minimum absolute atomic E-state index is 0.0213. The monoisotopic (exact) mass is 371 g/mol. The first-order valence-corrected chi connectivity index (χ1v) is 9.41. The van der Waals surface area contributed by atoms with E-state index in [2.05, 4.69) is 5.16 Å². The third-order valence-electron chi connectivity index (χ3n) is 6.14. The van der Waals surface area contributed by atoms with E-state index in [0.717, 1.165) is 36.4 Å². The molecule has 4 heterocycles. The van der Waals surface area contributed by atoms with Crippen molar-refractivity contribution in [3.05, 3.63) is 40.7 Å². The fourth-order valence-electron chi connectivity index (χ4n) is 4.34. The number of hydrogen-bond acceptors (Lipinski definition) is 5. The molecule has 0 saturated carbocycles. The Balaban J connectivity index is 1.41. The van der Waals surface area contributed by atoms with Crippen LogP contribution < -0.4 is 0 Å². The molecule has 27 heavy (non-hydrogen) atoms. The number of hydrogen-bond donors (Lipinski definition) is 0. The van der Waals surface area contributed by atoms with Gasteiger partial charge in [0.15, 0.2) is 0 Å². The van der Waals surface area contributed by atoms with E-state index in [1.165, 1.54) is 0 Å². The number of carbonyl (C=O) groups excluding carboxylic acids is 2. The lowest BCUT2D eigenvalue weighted by Crippen LogP contribution is -2.44. The smallest absolute Gasteiger partial charge is 0.257 e. The van der Waals surface area contributed by atoms with Gasteiger partial charge in [0.05, 0.1) is 24.1 Å². The second kappa shape index (κ2) is 6.55. The van der Waals surface area contributed by atoms with Gasteiger partial charge in [-0.3, -0.25) is 9.59 Å². The Labute approximate surface area is 158 Å². The Hall–Kier alpha value is -2.57. The summed E-state index contributed by atoms with van der Waals surface area (Å²) >= 11 is 0. The number of amides is 2. The van der Waals surface area contributed by atoms with Crippen LogP contribution >= 0.6 is 0 Å². The van der Waals surface area contributed by atoms with Gasteiger partial charge in [0.1, 0.15) is 11.5 Å². The van der Waals surface area contributed by atoms with Crippen LogP contribution in [-0.2, 0) is 11.3 Å². The molecule has 0 N–H and O–H groups in total. The zero-order valence-corrected chi connectivity index (χ0v) is 16.1. The van der Waals surface area contributed by atoms with Crippen LogP contribution in [0.15, 0.2) is 21.3 Å². The Morgan fingerprint density at radius 1 is 1.22 bits per heavy atom. The summed E-state index contributed by atoms with van der Waals surface area (Å²) in [6.07, 6.45) is 3.80. The van der Waals surface area contributed by atoms with E-state index in [9.17, 15) is 9.59 Å². The van der Waals surface area contributed by atoms with Crippen LogP contribution in [0.1, 0.15) is 52.4 Å². The van der Waals surface area contributed by atoms with E-state index >= 15 is 0 Å². The number of nitrogens with zero attached hydrogens (tertiary/aromatic N) is 3. The standard InChI is InChI=1S/C20H25N3O4/c1-13-17(15(3)27-21-13)11-23-12-20(10-18(23)24)5-7-22(8-6-20)19(25)16-4-9-26-14(16)2/h4,9H,5-8,10-12H2,1-3H3. The summed E-state index contributed by atoms with van der Waals surface area (Å²) < 4.78 is 10.5. The summed E-state index contributed by atoms with van der Waals surface area (Å²) in [5.74, 6) is 1.63. The summed E-state index contributed by atoms with van der Waals surface area (Å²) in [4.78, 5) is 29.1. The first kappa shape index (κ1) is 17.8. The third-order valence-corrected chi connectivity index (χ3v) is 6.14. The summed E-state index contributed by atoms with van der Waals surface area (Å²) in [7, 11) is 0. The fourth-order valence-corrected chi connectivity index (χ4v) is 4.34. The van der Waals surface area contributed by atoms with Gasteiger partial charge in [0.25, 0.3) is 5.91 Å². The Kier molecular flexibility index (Phi) is 4.32. The number of carbonyl (C=O) groups is 2. The number of furan rings is 1. The van der Waals surface area contributed by atoms with Crippen LogP contribution in [0.5, 0.6) is 0 Å². The number of aryl methyl sites for hydroxylation is 3. The summed E-state index contributed by atoms with van der Waals surface area (Å²) in [6, 6.07) is 1.73. The van der Waals surface area contributed by atoms with Crippen molar-refractivity contribution in [3.63, 3.8) is 0 Å². The lowest BCUT2D eigenvalue weighted by atomic mass is 9.77. The zero-order chi connectivity index (χ0) is 19.2. The molecule has 0 unspecified atom stereocenters. The molecule has 1 spiro atoms. The molecule has 2 fully saturated rings. The van der Waals surface area contributed by atoms with Gasteiger partial charge >= 0.3 is 0 Å². The van der Waals surface area contributed by atoms with E-state index in [0.29, 0.717) is 37.4 Å².